The van der Waals surface area contributed by atoms with Crippen LogP contribution in [0.15, 0.2) is 84.9 Å². The molecule has 12 heteroatoms. The summed E-state index contributed by atoms with van der Waals surface area (Å²) in [6.07, 6.45) is 11.7. The standard InChI is InChI=1S/C57H66N4O8/c1-8-11-12-13-14-15-16-17-18-27-51(60-46-25-21-19-23-40(46)42-32-39(9-2)58-52(54(42)60)36-28-38(34-62)44(35-63)48(29-36)65-4)61-47-26-22-20-24-41(47)43-33-45(57(64)69-10-3)59-53(55(43)61)37-30-49(66-5)56(68-7)50(31-37)67-6/h19-26,28-33,51,62-63H,8-18,27,34-35H2,1-7H3. The Hall–Kier alpha value is -6.63. The third kappa shape index (κ3) is 9.44. The third-order valence-electron chi connectivity index (χ3n) is 13.5. The molecule has 4 heterocycles. The number of hydrogen-bond acceptors (Lipinski definition) is 10. The van der Waals surface area contributed by atoms with Gasteiger partial charge in [-0.15, -0.1) is 0 Å². The number of ether oxygens (including phenoxy) is 5. The van der Waals surface area contributed by atoms with E-state index in [1.54, 1.807) is 35.4 Å². The van der Waals surface area contributed by atoms with Gasteiger partial charge in [0, 0.05) is 43.9 Å². The van der Waals surface area contributed by atoms with E-state index in [0.29, 0.717) is 51.8 Å². The van der Waals surface area contributed by atoms with E-state index < -0.39 is 5.97 Å². The number of hydrogen-bond donors (Lipinski definition) is 2. The zero-order chi connectivity index (χ0) is 48.6. The molecule has 12 nitrogen and oxygen atoms in total. The molecule has 0 bridgehead atoms. The molecule has 362 valence electrons. The quantitative estimate of drug-likeness (QED) is 0.0471. The number of rotatable bonds is 23. The number of pyridine rings is 2. The van der Waals surface area contributed by atoms with Gasteiger partial charge in [-0.05, 0) is 80.3 Å². The lowest BCUT2D eigenvalue weighted by Crippen LogP contribution is -2.19. The summed E-state index contributed by atoms with van der Waals surface area (Å²) in [5.74, 6) is 1.30. The van der Waals surface area contributed by atoms with Gasteiger partial charge in [0.25, 0.3) is 0 Å². The molecule has 0 aliphatic rings. The van der Waals surface area contributed by atoms with Gasteiger partial charge in [-0.1, -0.05) is 102 Å². The van der Waals surface area contributed by atoms with Crippen molar-refractivity contribution < 1.29 is 38.7 Å². The molecule has 1 unspecified atom stereocenters. The Labute approximate surface area is 404 Å². The van der Waals surface area contributed by atoms with Gasteiger partial charge in [0.1, 0.15) is 17.6 Å². The zero-order valence-electron chi connectivity index (χ0n) is 41.2. The number of para-hydroxylation sites is 2. The summed E-state index contributed by atoms with van der Waals surface area (Å²) in [5, 5.41) is 25.1. The van der Waals surface area contributed by atoms with Crippen molar-refractivity contribution >= 4 is 49.6 Å². The van der Waals surface area contributed by atoms with Crippen LogP contribution in [0, 0.1) is 0 Å². The first kappa shape index (κ1) is 48.8. The number of aliphatic hydroxyl groups is 2. The summed E-state index contributed by atoms with van der Waals surface area (Å²) in [6, 6.07) is 28.6. The van der Waals surface area contributed by atoms with Crippen molar-refractivity contribution in [3.05, 3.63) is 107 Å². The first-order valence-electron chi connectivity index (χ1n) is 24.5. The first-order chi connectivity index (χ1) is 33.8. The molecule has 0 saturated heterocycles. The predicted molar refractivity (Wildman–Crippen MR) is 275 cm³/mol. The van der Waals surface area contributed by atoms with Crippen LogP contribution in [0.4, 0.5) is 0 Å². The van der Waals surface area contributed by atoms with Gasteiger partial charge in [-0.2, -0.15) is 0 Å². The lowest BCUT2D eigenvalue weighted by molar-refractivity contribution is 0.0520. The molecule has 8 aromatic rings. The topological polar surface area (TPSA) is 139 Å². The van der Waals surface area contributed by atoms with Gasteiger partial charge in [-0.25, -0.2) is 9.78 Å². The second-order valence-electron chi connectivity index (χ2n) is 17.6. The van der Waals surface area contributed by atoms with Crippen LogP contribution in [0.25, 0.3) is 66.1 Å². The highest BCUT2D eigenvalue weighted by atomic mass is 16.5. The van der Waals surface area contributed by atoms with Crippen LogP contribution in [-0.4, -0.2) is 70.3 Å². The van der Waals surface area contributed by atoms with Crippen LogP contribution in [-0.2, 0) is 24.4 Å². The number of fused-ring (bicyclic) bond motifs is 6. The fraction of sp³-hybridized carbons (Fsp3) is 0.386. The van der Waals surface area contributed by atoms with Gasteiger partial charge in [0.2, 0.25) is 5.75 Å². The number of aromatic nitrogens is 4. The molecular formula is C57H66N4O8. The average molecular weight is 935 g/mol. The van der Waals surface area contributed by atoms with Crippen molar-refractivity contribution in [2.45, 2.75) is 111 Å². The molecule has 2 N–H and O–H groups in total. The minimum Gasteiger partial charge on any atom is -0.496 e. The Balaban J connectivity index is 1.48. The van der Waals surface area contributed by atoms with E-state index in [9.17, 15) is 15.0 Å². The highest BCUT2D eigenvalue weighted by Gasteiger charge is 2.30. The minimum absolute atomic E-state index is 0.182. The Morgan fingerprint density at radius 3 is 1.67 bits per heavy atom. The molecule has 4 aromatic carbocycles. The number of nitrogens with zero attached hydrogens (tertiary/aromatic N) is 4. The maximum Gasteiger partial charge on any atom is 0.356 e. The van der Waals surface area contributed by atoms with Crippen molar-refractivity contribution in [3.8, 4) is 45.5 Å². The van der Waals surface area contributed by atoms with Crippen molar-refractivity contribution in [1.82, 2.24) is 19.1 Å². The van der Waals surface area contributed by atoms with E-state index in [1.807, 2.05) is 36.4 Å². The molecule has 1 atom stereocenters. The maximum atomic E-state index is 13.8. The summed E-state index contributed by atoms with van der Waals surface area (Å²) >= 11 is 0. The molecule has 4 aromatic heterocycles. The van der Waals surface area contributed by atoms with Crippen molar-refractivity contribution in [2.75, 3.05) is 35.0 Å². The smallest absolute Gasteiger partial charge is 0.356 e. The molecule has 8 rings (SSSR count). The normalized spacial score (nSPS) is 12.1. The highest BCUT2D eigenvalue weighted by molar-refractivity contribution is 6.15. The Morgan fingerprint density at radius 1 is 0.594 bits per heavy atom. The number of aryl methyl sites for hydroxylation is 1. The molecule has 0 aliphatic heterocycles. The summed E-state index contributed by atoms with van der Waals surface area (Å²) in [4.78, 5) is 24.5. The molecule has 0 fully saturated rings. The summed E-state index contributed by atoms with van der Waals surface area (Å²) in [6.45, 7) is 5.78. The average Bonchev–Trinajstić information content (AvgIpc) is 3.90. The zero-order valence-corrected chi connectivity index (χ0v) is 41.2. The van der Waals surface area contributed by atoms with Crippen LogP contribution in [0.1, 0.15) is 118 Å². The number of unbranched alkanes of at least 4 members (excludes halogenated alkanes) is 8. The maximum absolute atomic E-state index is 13.8. The van der Waals surface area contributed by atoms with Crippen LogP contribution >= 0.6 is 0 Å². The Kier molecular flexibility index (Phi) is 15.7. The number of aliphatic hydroxyl groups excluding tert-OH is 2. The van der Waals surface area contributed by atoms with Crippen LogP contribution in [0.2, 0.25) is 0 Å². The fourth-order valence-corrected chi connectivity index (χ4v) is 10.2. The molecule has 0 spiro atoms. The molecule has 0 aliphatic carbocycles. The number of esters is 1. The Bertz CT molecular complexity index is 3050. The number of methoxy groups -OCH3 is 4. The molecular weight excluding hydrogens is 869 g/mol. The van der Waals surface area contributed by atoms with E-state index in [4.69, 9.17) is 33.7 Å². The monoisotopic (exact) mass is 934 g/mol. The van der Waals surface area contributed by atoms with Gasteiger partial charge in [-0.3, -0.25) is 4.98 Å². The van der Waals surface area contributed by atoms with E-state index >= 15 is 0 Å². The minimum atomic E-state index is -0.522. The lowest BCUT2D eigenvalue weighted by Gasteiger charge is -2.27. The highest BCUT2D eigenvalue weighted by Crippen LogP contribution is 2.47. The van der Waals surface area contributed by atoms with Crippen LogP contribution in [0.3, 0.4) is 0 Å². The third-order valence-corrected chi connectivity index (χ3v) is 13.5. The predicted octanol–water partition coefficient (Wildman–Crippen LogP) is 12.8. The number of benzene rings is 4. The van der Waals surface area contributed by atoms with E-state index in [-0.39, 0.29) is 31.7 Å². The molecule has 69 heavy (non-hydrogen) atoms. The Morgan fingerprint density at radius 2 is 1.13 bits per heavy atom. The first-order valence-corrected chi connectivity index (χ1v) is 24.5. The van der Waals surface area contributed by atoms with Gasteiger partial charge < -0.3 is 43.0 Å². The summed E-state index contributed by atoms with van der Waals surface area (Å²) in [7, 11) is 6.34. The lowest BCUT2D eigenvalue weighted by atomic mass is 9.99. The van der Waals surface area contributed by atoms with Crippen LogP contribution < -0.4 is 18.9 Å². The molecule has 0 radical (unpaired) electrons. The SMILES string of the molecule is CCCCCCCCCCCC(n1c2ccccc2c2cc(CC)nc(-c3cc(CO)c(CO)c(OC)c3)c21)n1c2ccccc2c2cc(C(=O)OCC)nc(-c3cc(OC)c(OC)c(OC)c3)c21. The van der Waals surface area contributed by atoms with Gasteiger partial charge in [0.05, 0.1) is 81.7 Å². The summed E-state index contributed by atoms with van der Waals surface area (Å²) < 4.78 is 34.0. The van der Waals surface area contributed by atoms with Crippen molar-refractivity contribution in [1.29, 1.82) is 0 Å². The van der Waals surface area contributed by atoms with E-state index in [1.165, 1.54) is 38.5 Å². The van der Waals surface area contributed by atoms with Crippen LogP contribution in [0.5, 0.6) is 23.0 Å². The van der Waals surface area contributed by atoms with E-state index in [0.717, 1.165) is 86.2 Å². The van der Waals surface area contributed by atoms with E-state index in [2.05, 4.69) is 71.5 Å². The fourth-order valence-electron chi connectivity index (χ4n) is 10.2. The number of carbonyl (C=O) groups excluding carboxylic acids is 1. The second kappa shape index (κ2) is 22.2. The van der Waals surface area contributed by atoms with Crippen molar-refractivity contribution in [2.24, 2.45) is 0 Å². The second-order valence-corrected chi connectivity index (χ2v) is 17.6. The molecule has 0 saturated carbocycles. The van der Waals surface area contributed by atoms with Crippen molar-refractivity contribution in [3.63, 3.8) is 0 Å². The van der Waals surface area contributed by atoms with Gasteiger partial charge >= 0.3 is 5.97 Å². The largest absolute Gasteiger partial charge is 0.496 e. The number of carbonyl (C=O) groups is 1. The molecule has 0 amide bonds. The summed E-state index contributed by atoms with van der Waals surface area (Å²) in [5.41, 5.74) is 8.66. The van der Waals surface area contributed by atoms with Gasteiger partial charge in [0.15, 0.2) is 11.5 Å².